The summed E-state index contributed by atoms with van der Waals surface area (Å²) in [5.41, 5.74) is 4.42. The van der Waals surface area contributed by atoms with Crippen molar-refractivity contribution in [3.05, 3.63) is 89.7 Å². The average molecular weight is 428 g/mol. The van der Waals surface area contributed by atoms with Gasteiger partial charge in [0.25, 0.3) is 0 Å². The molecule has 6 heteroatoms. The SMILES string of the molecule is CC(C)C(c1ccc(OCc2ccccn2)cc1)c1ccc(-c2nnn(C(C)C)n2)cc1. The Labute approximate surface area is 189 Å². The summed E-state index contributed by atoms with van der Waals surface area (Å²) >= 11 is 0. The number of aromatic nitrogens is 5. The fraction of sp³-hybridized carbons (Fsp3) is 0.308. The molecule has 0 aliphatic rings. The molecular weight excluding hydrogens is 398 g/mol. The van der Waals surface area contributed by atoms with E-state index in [1.807, 2.05) is 44.2 Å². The highest BCUT2D eigenvalue weighted by molar-refractivity contribution is 5.55. The van der Waals surface area contributed by atoms with Crippen LogP contribution >= 0.6 is 0 Å². The van der Waals surface area contributed by atoms with Gasteiger partial charge in [0, 0.05) is 17.7 Å². The smallest absolute Gasteiger partial charge is 0.204 e. The summed E-state index contributed by atoms with van der Waals surface area (Å²) in [7, 11) is 0. The largest absolute Gasteiger partial charge is 0.487 e. The predicted molar refractivity (Wildman–Crippen MR) is 125 cm³/mol. The third kappa shape index (κ3) is 5.02. The molecule has 164 valence electrons. The zero-order valence-corrected chi connectivity index (χ0v) is 19.0. The number of nitrogens with zero attached hydrogens (tertiary/aromatic N) is 5. The van der Waals surface area contributed by atoms with Crippen molar-refractivity contribution >= 4 is 0 Å². The van der Waals surface area contributed by atoms with E-state index < -0.39 is 0 Å². The summed E-state index contributed by atoms with van der Waals surface area (Å²) in [5.74, 6) is 2.23. The Morgan fingerprint density at radius 1 is 0.844 bits per heavy atom. The summed E-state index contributed by atoms with van der Waals surface area (Å²) in [4.78, 5) is 5.94. The third-order valence-corrected chi connectivity index (χ3v) is 5.44. The summed E-state index contributed by atoms with van der Waals surface area (Å²) in [6.07, 6.45) is 1.78. The van der Waals surface area contributed by atoms with Crippen LogP contribution in [0.1, 0.15) is 56.5 Å². The molecule has 0 N–H and O–H groups in total. The molecule has 0 aliphatic heterocycles. The van der Waals surface area contributed by atoms with E-state index in [0.29, 0.717) is 18.3 Å². The second kappa shape index (κ2) is 9.73. The fourth-order valence-electron chi connectivity index (χ4n) is 3.77. The van der Waals surface area contributed by atoms with Crippen LogP contribution in [0.4, 0.5) is 0 Å². The zero-order valence-electron chi connectivity index (χ0n) is 19.0. The number of benzene rings is 2. The molecule has 0 aliphatic carbocycles. The van der Waals surface area contributed by atoms with Gasteiger partial charge < -0.3 is 4.74 Å². The lowest BCUT2D eigenvalue weighted by Gasteiger charge is -2.22. The summed E-state index contributed by atoms with van der Waals surface area (Å²) in [6, 6.07) is 22.9. The van der Waals surface area contributed by atoms with Crippen molar-refractivity contribution in [3.8, 4) is 17.1 Å². The lowest BCUT2D eigenvalue weighted by Crippen LogP contribution is -2.08. The van der Waals surface area contributed by atoms with Crippen LogP contribution in [0.3, 0.4) is 0 Å². The molecular formula is C26H29N5O. The fourth-order valence-corrected chi connectivity index (χ4v) is 3.77. The Hall–Kier alpha value is -3.54. The van der Waals surface area contributed by atoms with E-state index in [1.165, 1.54) is 11.1 Å². The Morgan fingerprint density at radius 3 is 2.09 bits per heavy atom. The van der Waals surface area contributed by atoms with Gasteiger partial charge in [0.2, 0.25) is 5.82 Å². The molecule has 6 nitrogen and oxygen atoms in total. The molecule has 2 heterocycles. The van der Waals surface area contributed by atoms with E-state index in [0.717, 1.165) is 17.0 Å². The van der Waals surface area contributed by atoms with E-state index in [2.05, 4.69) is 70.6 Å². The van der Waals surface area contributed by atoms with Crippen LogP contribution in [0.5, 0.6) is 5.75 Å². The zero-order chi connectivity index (χ0) is 22.5. The molecule has 2 aromatic heterocycles. The first-order valence-electron chi connectivity index (χ1n) is 11.0. The van der Waals surface area contributed by atoms with Gasteiger partial charge in [0.15, 0.2) is 0 Å². The third-order valence-electron chi connectivity index (χ3n) is 5.44. The van der Waals surface area contributed by atoms with Gasteiger partial charge in [0.05, 0.1) is 11.7 Å². The molecule has 0 spiro atoms. The van der Waals surface area contributed by atoms with Gasteiger partial charge in [-0.1, -0.05) is 56.3 Å². The molecule has 32 heavy (non-hydrogen) atoms. The highest BCUT2D eigenvalue weighted by atomic mass is 16.5. The van der Waals surface area contributed by atoms with Gasteiger partial charge in [-0.3, -0.25) is 4.98 Å². The number of hydrogen-bond donors (Lipinski definition) is 0. The lowest BCUT2D eigenvalue weighted by molar-refractivity contribution is 0.301. The average Bonchev–Trinajstić information content (AvgIpc) is 3.30. The molecule has 1 unspecified atom stereocenters. The molecule has 4 aromatic rings. The van der Waals surface area contributed by atoms with Crippen LogP contribution in [0.25, 0.3) is 11.4 Å². The van der Waals surface area contributed by atoms with Crippen LogP contribution in [-0.4, -0.2) is 25.2 Å². The number of tetrazole rings is 1. The second-order valence-corrected chi connectivity index (χ2v) is 8.55. The minimum absolute atomic E-state index is 0.191. The van der Waals surface area contributed by atoms with E-state index in [4.69, 9.17) is 4.74 Å². The Bertz CT molecular complexity index is 1120. The maximum atomic E-state index is 5.89. The van der Waals surface area contributed by atoms with Crippen molar-refractivity contribution in [2.24, 2.45) is 5.92 Å². The number of ether oxygens (including phenoxy) is 1. The number of rotatable bonds is 8. The van der Waals surface area contributed by atoms with Gasteiger partial charge in [0.1, 0.15) is 12.4 Å². The predicted octanol–water partition coefficient (Wildman–Crippen LogP) is 5.68. The minimum Gasteiger partial charge on any atom is -0.487 e. The first-order chi connectivity index (χ1) is 15.5. The highest BCUT2D eigenvalue weighted by Crippen LogP contribution is 2.33. The Kier molecular flexibility index (Phi) is 6.59. The molecule has 2 aromatic carbocycles. The maximum absolute atomic E-state index is 5.89. The van der Waals surface area contributed by atoms with Crippen molar-refractivity contribution in [3.63, 3.8) is 0 Å². The van der Waals surface area contributed by atoms with Gasteiger partial charge in [-0.2, -0.15) is 4.80 Å². The molecule has 0 radical (unpaired) electrons. The van der Waals surface area contributed by atoms with E-state index in [1.54, 1.807) is 11.0 Å². The molecule has 0 fully saturated rings. The van der Waals surface area contributed by atoms with Crippen molar-refractivity contribution in [2.45, 2.75) is 46.3 Å². The highest BCUT2D eigenvalue weighted by Gasteiger charge is 2.19. The number of pyridine rings is 1. The van der Waals surface area contributed by atoms with Gasteiger partial charge >= 0.3 is 0 Å². The van der Waals surface area contributed by atoms with Gasteiger partial charge in [-0.15, -0.1) is 10.2 Å². The monoisotopic (exact) mass is 427 g/mol. The molecule has 0 saturated carbocycles. The summed E-state index contributed by atoms with van der Waals surface area (Å²) < 4.78 is 5.89. The second-order valence-electron chi connectivity index (χ2n) is 8.55. The minimum atomic E-state index is 0.191. The molecule has 4 rings (SSSR count). The van der Waals surface area contributed by atoms with E-state index in [9.17, 15) is 0 Å². The Morgan fingerprint density at radius 2 is 1.53 bits per heavy atom. The number of hydrogen-bond acceptors (Lipinski definition) is 5. The van der Waals surface area contributed by atoms with Crippen LogP contribution in [0.15, 0.2) is 72.9 Å². The van der Waals surface area contributed by atoms with Crippen LogP contribution in [0.2, 0.25) is 0 Å². The van der Waals surface area contributed by atoms with E-state index >= 15 is 0 Å². The quantitative estimate of drug-likeness (QED) is 0.362. The first-order valence-corrected chi connectivity index (χ1v) is 11.0. The molecule has 0 saturated heterocycles. The molecule has 0 bridgehead atoms. The summed E-state index contributed by atoms with van der Waals surface area (Å²) in [6.45, 7) is 9.04. The topological polar surface area (TPSA) is 65.7 Å². The summed E-state index contributed by atoms with van der Waals surface area (Å²) in [5, 5.41) is 12.8. The Balaban J connectivity index is 1.49. The van der Waals surface area contributed by atoms with Crippen molar-refractivity contribution in [1.82, 2.24) is 25.2 Å². The van der Waals surface area contributed by atoms with Gasteiger partial charge in [-0.25, -0.2) is 0 Å². The molecule has 0 amide bonds. The van der Waals surface area contributed by atoms with Crippen LogP contribution in [0, 0.1) is 5.92 Å². The van der Waals surface area contributed by atoms with Crippen LogP contribution < -0.4 is 4.74 Å². The van der Waals surface area contributed by atoms with E-state index in [-0.39, 0.29) is 12.0 Å². The van der Waals surface area contributed by atoms with Crippen molar-refractivity contribution in [1.29, 1.82) is 0 Å². The molecule has 1 atom stereocenters. The van der Waals surface area contributed by atoms with Crippen molar-refractivity contribution < 1.29 is 4.74 Å². The van der Waals surface area contributed by atoms with Crippen molar-refractivity contribution in [2.75, 3.05) is 0 Å². The van der Waals surface area contributed by atoms with Crippen LogP contribution in [-0.2, 0) is 6.61 Å². The standard InChI is InChI=1S/C26H29N5O/c1-18(2)25(20-8-10-22(11-9-20)26-28-30-31(29-26)19(3)4)21-12-14-24(15-13-21)32-17-23-7-5-6-16-27-23/h5-16,18-19,25H,17H2,1-4H3. The normalized spacial score (nSPS) is 12.3. The maximum Gasteiger partial charge on any atom is 0.204 e. The first kappa shape index (κ1) is 21.7. The van der Waals surface area contributed by atoms with Gasteiger partial charge in [-0.05, 0) is 60.4 Å². The lowest BCUT2D eigenvalue weighted by atomic mass is 9.82.